The Bertz CT molecular complexity index is 1250. The van der Waals surface area contributed by atoms with Gasteiger partial charge >= 0.3 is 0 Å². The number of nitrogens with zero attached hydrogens (tertiary/aromatic N) is 2. The van der Waals surface area contributed by atoms with Crippen molar-refractivity contribution in [1.29, 1.82) is 0 Å². The summed E-state index contributed by atoms with van der Waals surface area (Å²) >= 11 is 1.71. The van der Waals surface area contributed by atoms with Gasteiger partial charge in [-0.05, 0) is 48.5 Å². The first-order valence-electron chi connectivity index (χ1n) is 9.25. The lowest BCUT2D eigenvalue weighted by Gasteiger charge is -2.09. The highest BCUT2D eigenvalue weighted by molar-refractivity contribution is 7.17. The second-order valence-electron chi connectivity index (χ2n) is 6.48. The Labute approximate surface area is 172 Å². The van der Waals surface area contributed by atoms with Crippen LogP contribution in [0.4, 0.5) is 11.5 Å². The van der Waals surface area contributed by atoms with Gasteiger partial charge in [0.1, 0.15) is 17.3 Å². The van der Waals surface area contributed by atoms with E-state index in [0.29, 0.717) is 0 Å². The molecule has 0 aliphatic heterocycles. The lowest BCUT2D eigenvalue weighted by Crippen LogP contribution is -1.96. The summed E-state index contributed by atoms with van der Waals surface area (Å²) in [5.74, 6) is 3.07. The summed E-state index contributed by atoms with van der Waals surface area (Å²) in [6, 6.07) is 27.7. The van der Waals surface area contributed by atoms with Gasteiger partial charge in [0.2, 0.25) is 0 Å². The molecule has 2 aromatic heterocycles. The Morgan fingerprint density at radius 1 is 0.759 bits per heavy atom. The molecule has 0 atom stereocenters. The van der Waals surface area contributed by atoms with Gasteiger partial charge in [-0.2, -0.15) is 0 Å². The lowest BCUT2D eigenvalue weighted by atomic mass is 10.1. The molecule has 0 aliphatic rings. The van der Waals surface area contributed by atoms with Crippen molar-refractivity contribution in [3.8, 4) is 22.9 Å². The van der Waals surface area contributed by atoms with Gasteiger partial charge in [-0.25, -0.2) is 9.97 Å². The van der Waals surface area contributed by atoms with Gasteiger partial charge < -0.3 is 10.1 Å². The molecule has 4 nitrogen and oxygen atoms in total. The van der Waals surface area contributed by atoms with E-state index < -0.39 is 0 Å². The first-order valence-corrected chi connectivity index (χ1v) is 10.1. The van der Waals surface area contributed by atoms with Gasteiger partial charge in [0.15, 0.2) is 5.82 Å². The van der Waals surface area contributed by atoms with Crippen molar-refractivity contribution >= 4 is 32.9 Å². The third kappa shape index (κ3) is 3.81. The summed E-state index contributed by atoms with van der Waals surface area (Å²) in [5.41, 5.74) is 1.99. The van der Waals surface area contributed by atoms with Crippen LogP contribution >= 0.6 is 11.3 Å². The van der Waals surface area contributed by atoms with Crippen LogP contribution in [0.5, 0.6) is 11.5 Å². The average Bonchev–Trinajstić information content (AvgIpc) is 3.20. The summed E-state index contributed by atoms with van der Waals surface area (Å²) in [7, 11) is 0. The smallest absolute Gasteiger partial charge is 0.162 e. The predicted octanol–water partition coefficient (Wildman–Crippen LogP) is 6.89. The monoisotopic (exact) mass is 395 g/mol. The molecule has 0 amide bonds. The first-order chi connectivity index (χ1) is 14.3. The second-order valence-corrected chi connectivity index (χ2v) is 7.39. The number of rotatable bonds is 5. The molecule has 0 saturated heterocycles. The van der Waals surface area contributed by atoms with E-state index >= 15 is 0 Å². The lowest BCUT2D eigenvalue weighted by molar-refractivity contribution is 0.483. The predicted molar refractivity (Wildman–Crippen MR) is 119 cm³/mol. The Hall–Kier alpha value is -3.70. The van der Waals surface area contributed by atoms with E-state index in [9.17, 15) is 0 Å². The Morgan fingerprint density at radius 2 is 1.52 bits per heavy atom. The summed E-state index contributed by atoms with van der Waals surface area (Å²) in [4.78, 5) is 9.17. The minimum Gasteiger partial charge on any atom is -0.457 e. The van der Waals surface area contributed by atoms with Crippen molar-refractivity contribution in [2.24, 2.45) is 0 Å². The van der Waals surface area contributed by atoms with E-state index in [-0.39, 0.29) is 0 Å². The van der Waals surface area contributed by atoms with Crippen LogP contribution in [0.15, 0.2) is 96.5 Å². The Balaban J connectivity index is 1.35. The number of ether oxygens (including phenoxy) is 1. The molecule has 5 rings (SSSR count). The summed E-state index contributed by atoms with van der Waals surface area (Å²) in [6.07, 6.45) is 1.78. The molecular weight excluding hydrogens is 378 g/mol. The van der Waals surface area contributed by atoms with Gasteiger partial charge in [-0.1, -0.05) is 36.4 Å². The van der Waals surface area contributed by atoms with E-state index in [1.165, 1.54) is 10.1 Å². The van der Waals surface area contributed by atoms with Crippen molar-refractivity contribution in [2.75, 3.05) is 5.32 Å². The van der Waals surface area contributed by atoms with Crippen LogP contribution in [0.3, 0.4) is 0 Å². The summed E-state index contributed by atoms with van der Waals surface area (Å²) in [6.45, 7) is 0. The zero-order valence-corrected chi connectivity index (χ0v) is 16.3. The quantitative estimate of drug-likeness (QED) is 0.352. The number of hydrogen-bond acceptors (Lipinski definition) is 5. The van der Waals surface area contributed by atoms with Gasteiger partial charge in [0, 0.05) is 32.9 Å². The number of benzene rings is 3. The largest absolute Gasteiger partial charge is 0.457 e. The number of nitrogens with one attached hydrogen (secondary N) is 1. The SMILES string of the molecule is c1ccc(Oc2ccc(Nc3ccnc(-c4csc5ccccc45)n3)cc2)cc1. The zero-order valence-electron chi connectivity index (χ0n) is 15.4. The highest BCUT2D eigenvalue weighted by Crippen LogP contribution is 2.32. The maximum Gasteiger partial charge on any atom is 0.162 e. The molecule has 0 radical (unpaired) electrons. The summed E-state index contributed by atoms with van der Waals surface area (Å²) in [5, 5.41) is 6.63. The summed E-state index contributed by atoms with van der Waals surface area (Å²) < 4.78 is 7.07. The highest BCUT2D eigenvalue weighted by Gasteiger charge is 2.09. The van der Waals surface area contributed by atoms with E-state index in [2.05, 4.69) is 27.8 Å². The molecule has 1 N–H and O–H groups in total. The molecule has 2 heterocycles. The molecular formula is C24H17N3OS. The van der Waals surface area contributed by atoms with Gasteiger partial charge in [-0.15, -0.1) is 11.3 Å². The first kappa shape index (κ1) is 17.4. The van der Waals surface area contributed by atoms with Crippen LogP contribution in [0, 0.1) is 0 Å². The normalized spacial score (nSPS) is 10.8. The number of para-hydroxylation sites is 1. The number of thiophene rings is 1. The molecule has 29 heavy (non-hydrogen) atoms. The van der Waals surface area contributed by atoms with Crippen LogP contribution in [0.2, 0.25) is 0 Å². The van der Waals surface area contributed by atoms with Gasteiger partial charge in [0.25, 0.3) is 0 Å². The molecule has 0 fully saturated rings. The third-order valence-electron chi connectivity index (χ3n) is 4.48. The van der Waals surface area contributed by atoms with Crippen LogP contribution in [-0.2, 0) is 0 Å². The van der Waals surface area contributed by atoms with E-state index in [1.54, 1.807) is 17.5 Å². The van der Waals surface area contributed by atoms with Crippen molar-refractivity contribution < 1.29 is 4.74 Å². The second kappa shape index (κ2) is 7.73. The minimum absolute atomic E-state index is 0.719. The molecule has 0 aliphatic carbocycles. The number of hydrogen-bond donors (Lipinski definition) is 1. The Morgan fingerprint density at radius 3 is 2.38 bits per heavy atom. The van der Waals surface area contributed by atoms with Crippen molar-refractivity contribution in [3.63, 3.8) is 0 Å². The molecule has 3 aromatic carbocycles. The van der Waals surface area contributed by atoms with Crippen molar-refractivity contribution in [1.82, 2.24) is 9.97 Å². The van der Waals surface area contributed by atoms with Crippen LogP contribution < -0.4 is 10.1 Å². The maximum atomic E-state index is 5.84. The fraction of sp³-hybridized carbons (Fsp3) is 0. The fourth-order valence-corrected chi connectivity index (χ4v) is 4.03. The molecule has 0 bridgehead atoms. The third-order valence-corrected chi connectivity index (χ3v) is 5.45. The minimum atomic E-state index is 0.719. The number of anilines is 2. The molecule has 0 saturated carbocycles. The van der Waals surface area contributed by atoms with Crippen LogP contribution in [0.1, 0.15) is 0 Å². The van der Waals surface area contributed by atoms with Gasteiger partial charge in [-0.3, -0.25) is 0 Å². The molecule has 140 valence electrons. The number of fused-ring (bicyclic) bond motifs is 1. The highest BCUT2D eigenvalue weighted by atomic mass is 32.1. The molecule has 5 heteroatoms. The number of aromatic nitrogens is 2. The van der Waals surface area contributed by atoms with E-state index in [4.69, 9.17) is 9.72 Å². The van der Waals surface area contributed by atoms with Crippen LogP contribution in [0.25, 0.3) is 21.5 Å². The van der Waals surface area contributed by atoms with E-state index in [0.717, 1.165) is 34.4 Å². The topological polar surface area (TPSA) is 47.0 Å². The van der Waals surface area contributed by atoms with Crippen LogP contribution in [-0.4, -0.2) is 9.97 Å². The molecule has 0 spiro atoms. The van der Waals surface area contributed by atoms with Gasteiger partial charge in [0.05, 0.1) is 0 Å². The molecule has 5 aromatic rings. The van der Waals surface area contributed by atoms with Crippen molar-refractivity contribution in [3.05, 3.63) is 96.5 Å². The molecule has 0 unspecified atom stereocenters. The fourth-order valence-electron chi connectivity index (χ4n) is 3.09. The standard InChI is InChI=1S/C24H17N3OS/c1-2-6-18(7-3-1)28-19-12-10-17(11-13-19)26-23-14-15-25-24(27-23)21-16-29-22-9-5-4-8-20(21)22/h1-16H,(H,25,26,27). The van der Waals surface area contributed by atoms with Crippen molar-refractivity contribution in [2.45, 2.75) is 0 Å². The average molecular weight is 395 g/mol. The zero-order chi connectivity index (χ0) is 19.5. The van der Waals surface area contributed by atoms with E-state index in [1.807, 2.05) is 72.8 Å². The maximum absolute atomic E-state index is 5.84. The Kier molecular flexibility index (Phi) is 4.64.